The van der Waals surface area contributed by atoms with Gasteiger partial charge in [-0.1, -0.05) is 35.9 Å². The molecule has 0 spiro atoms. The zero-order valence-electron chi connectivity index (χ0n) is 11.1. The summed E-state index contributed by atoms with van der Waals surface area (Å²) in [6.45, 7) is 2.57. The van der Waals surface area contributed by atoms with Crippen molar-refractivity contribution in [2.75, 3.05) is 11.9 Å². The Balaban J connectivity index is 2.17. The number of benzene rings is 1. The Morgan fingerprint density at radius 1 is 1.40 bits per heavy atom. The van der Waals surface area contributed by atoms with Gasteiger partial charge in [-0.05, 0) is 18.1 Å². The first-order valence-corrected chi connectivity index (χ1v) is 6.66. The molecule has 2 rings (SSSR count). The normalized spacial score (nSPS) is 10.6. The highest BCUT2D eigenvalue weighted by molar-refractivity contribution is 6.32. The molecule has 2 aromatic rings. The van der Waals surface area contributed by atoms with Gasteiger partial charge >= 0.3 is 0 Å². The number of halogens is 1. The molecule has 0 unspecified atom stereocenters. The van der Waals surface area contributed by atoms with Crippen molar-refractivity contribution < 1.29 is 5.11 Å². The smallest absolute Gasteiger partial charge is 0.287 e. The van der Waals surface area contributed by atoms with Crippen LogP contribution in [0.15, 0.2) is 35.3 Å². The van der Waals surface area contributed by atoms with Gasteiger partial charge in [0.15, 0.2) is 0 Å². The summed E-state index contributed by atoms with van der Waals surface area (Å²) >= 11 is 6.02. The quantitative estimate of drug-likeness (QED) is 0.882. The Hall–Kier alpha value is -1.85. The molecule has 0 aliphatic rings. The van der Waals surface area contributed by atoms with Crippen molar-refractivity contribution in [3.05, 3.63) is 57.0 Å². The third-order valence-corrected chi connectivity index (χ3v) is 3.39. The summed E-state index contributed by atoms with van der Waals surface area (Å²) in [6, 6.07) is 7.97. The second-order valence-corrected chi connectivity index (χ2v) is 4.78. The van der Waals surface area contributed by atoms with E-state index in [1.807, 2.05) is 31.2 Å². The second kappa shape index (κ2) is 6.54. The number of aromatic nitrogens is 2. The first-order chi connectivity index (χ1) is 9.63. The van der Waals surface area contributed by atoms with Crippen LogP contribution in [0.5, 0.6) is 0 Å². The molecule has 1 aromatic heterocycles. The Bertz CT molecular complexity index is 655. The number of rotatable bonds is 5. The third kappa shape index (κ3) is 3.18. The summed E-state index contributed by atoms with van der Waals surface area (Å²) in [4.78, 5) is 11.9. The van der Waals surface area contributed by atoms with Gasteiger partial charge in [-0.3, -0.25) is 4.79 Å². The molecule has 0 bridgehead atoms. The summed E-state index contributed by atoms with van der Waals surface area (Å²) < 4.78 is 1.14. The van der Waals surface area contributed by atoms with Crippen molar-refractivity contribution in [3.63, 3.8) is 0 Å². The van der Waals surface area contributed by atoms with Gasteiger partial charge in [-0.2, -0.15) is 5.10 Å². The van der Waals surface area contributed by atoms with Crippen molar-refractivity contribution in [1.29, 1.82) is 0 Å². The van der Waals surface area contributed by atoms with Crippen LogP contribution in [0.1, 0.15) is 11.1 Å². The summed E-state index contributed by atoms with van der Waals surface area (Å²) in [5.74, 6) is 0. The first-order valence-electron chi connectivity index (χ1n) is 6.28. The molecule has 1 aromatic carbocycles. The minimum Gasteiger partial charge on any atom is -0.394 e. The summed E-state index contributed by atoms with van der Waals surface area (Å²) in [7, 11) is 0. The van der Waals surface area contributed by atoms with Crippen LogP contribution in [0.2, 0.25) is 5.02 Å². The van der Waals surface area contributed by atoms with Crippen LogP contribution >= 0.6 is 11.6 Å². The Morgan fingerprint density at radius 3 is 2.85 bits per heavy atom. The van der Waals surface area contributed by atoms with Crippen LogP contribution in [0.3, 0.4) is 0 Å². The molecule has 0 atom stereocenters. The standard InChI is InChI=1S/C14H16ClN3O2/c1-10-4-2-3-5-11(10)8-16-12-9-17-18(6-7-19)14(20)13(12)15/h2-5,9,16,19H,6-8H2,1H3. The van der Waals surface area contributed by atoms with Crippen LogP contribution in [0.4, 0.5) is 5.69 Å². The van der Waals surface area contributed by atoms with Crippen molar-refractivity contribution in [2.24, 2.45) is 0 Å². The summed E-state index contributed by atoms with van der Waals surface area (Å²) in [5.41, 5.74) is 2.38. The fraction of sp³-hybridized carbons (Fsp3) is 0.286. The fourth-order valence-corrected chi connectivity index (χ4v) is 2.05. The van der Waals surface area contributed by atoms with E-state index in [4.69, 9.17) is 16.7 Å². The van der Waals surface area contributed by atoms with E-state index >= 15 is 0 Å². The number of anilines is 1. The van der Waals surface area contributed by atoms with Crippen molar-refractivity contribution in [1.82, 2.24) is 9.78 Å². The van der Waals surface area contributed by atoms with Crippen molar-refractivity contribution in [2.45, 2.75) is 20.0 Å². The molecule has 0 saturated carbocycles. The number of hydrogen-bond acceptors (Lipinski definition) is 4. The number of nitrogens with one attached hydrogen (secondary N) is 1. The largest absolute Gasteiger partial charge is 0.394 e. The lowest BCUT2D eigenvalue weighted by Crippen LogP contribution is -2.25. The van der Waals surface area contributed by atoms with E-state index in [2.05, 4.69) is 10.4 Å². The van der Waals surface area contributed by atoms with E-state index in [1.54, 1.807) is 0 Å². The highest BCUT2D eigenvalue weighted by atomic mass is 35.5. The molecule has 0 amide bonds. The van der Waals surface area contributed by atoms with E-state index < -0.39 is 5.56 Å². The molecular formula is C14H16ClN3O2. The van der Waals surface area contributed by atoms with Crippen LogP contribution in [-0.4, -0.2) is 21.5 Å². The molecular weight excluding hydrogens is 278 g/mol. The van der Waals surface area contributed by atoms with Gasteiger partial charge in [0.25, 0.3) is 5.56 Å². The molecule has 20 heavy (non-hydrogen) atoms. The molecule has 2 N–H and O–H groups in total. The summed E-state index contributed by atoms with van der Waals surface area (Å²) in [5, 5.41) is 16.0. The Morgan fingerprint density at radius 2 is 2.15 bits per heavy atom. The van der Waals surface area contributed by atoms with Gasteiger partial charge in [0.2, 0.25) is 0 Å². The maximum absolute atomic E-state index is 11.9. The number of aliphatic hydroxyl groups is 1. The Labute approximate surface area is 121 Å². The average Bonchev–Trinajstić information content (AvgIpc) is 2.45. The zero-order chi connectivity index (χ0) is 14.5. The molecule has 0 fully saturated rings. The fourth-order valence-electron chi connectivity index (χ4n) is 1.84. The zero-order valence-corrected chi connectivity index (χ0v) is 11.9. The van der Waals surface area contributed by atoms with E-state index in [-0.39, 0.29) is 18.2 Å². The topological polar surface area (TPSA) is 67.2 Å². The Kier molecular flexibility index (Phi) is 4.76. The highest BCUT2D eigenvalue weighted by Crippen LogP contribution is 2.17. The van der Waals surface area contributed by atoms with Crippen LogP contribution < -0.4 is 10.9 Å². The lowest BCUT2D eigenvalue weighted by atomic mass is 10.1. The summed E-state index contributed by atoms with van der Waals surface area (Å²) in [6.07, 6.45) is 1.50. The van der Waals surface area contributed by atoms with Crippen LogP contribution in [0, 0.1) is 6.92 Å². The predicted octanol–water partition coefficient (Wildman–Crippen LogP) is 1.81. The highest BCUT2D eigenvalue weighted by Gasteiger charge is 2.09. The van der Waals surface area contributed by atoms with E-state index in [0.29, 0.717) is 12.2 Å². The first kappa shape index (κ1) is 14.6. The van der Waals surface area contributed by atoms with Crippen molar-refractivity contribution in [3.8, 4) is 0 Å². The maximum Gasteiger partial charge on any atom is 0.287 e. The lowest BCUT2D eigenvalue weighted by molar-refractivity contribution is 0.266. The second-order valence-electron chi connectivity index (χ2n) is 4.40. The monoisotopic (exact) mass is 293 g/mol. The molecule has 6 heteroatoms. The number of hydrogen-bond donors (Lipinski definition) is 2. The van der Waals surface area contributed by atoms with Crippen LogP contribution in [0.25, 0.3) is 0 Å². The SMILES string of the molecule is Cc1ccccc1CNc1cnn(CCO)c(=O)c1Cl. The number of aliphatic hydroxyl groups excluding tert-OH is 1. The average molecular weight is 294 g/mol. The molecule has 0 saturated heterocycles. The van der Waals surface area contributed by atoms with Gasteiger partial charge in [-0.15, -0.1) is 0 Å². The van der Waals surface area contributed by atoms with Crippen LogP contribution in [-0.2, 0) is 13.1 Å². The van der Waals surface area contributed by atoms with Gasteiger partial charge in [0, 0.05) is 6.54 Å². The molecule has 1 heterocycles. The van der Waals surface area contributed by atoms with Gasteiger partial charge in [-0.25, -0.2) is 4.68 Å². The maximum atomic E-state index is 11.9. The predicted molar refractivity (Wildman–Crippen MR) is 79.1 cm³/mol. The van der Waals surface area contributed by atoms with E-state index in [0.717, 1.165) is 15.8 Å². The molecule has 0 aliphatic heterocycles. The lowest BCUT2D eigenvalue weighted by Gasteiger charge is -2.11. The van der Waals surface area contributed by atoms with Gasteiger partial charge in [0.1, 0.15) is 5.02 Å². The third-order valence-electron chi connectivity index (χ3n) is 3.03. The number of nitrogens with zero attached hydrogens (tertiary/aromatic N) is 2. The molecule has 0 aliphatic carbocycles. The van der Waals surface area contributed by atoms with E-state index in [1.165, 1.54) is 6.20 Å². The minimum atomic E-state index is -0.407. The van der Waals surface area contributed by atoms with Gasteiger partial charge < -0.3 is 10.4 Å². The number of aryl methyl sites for hydroxylation is 1. The molecule has 5 nitrogen and oxygen atoms in total. The van der Waals surface area contributed by atoms with Crippen molar-refractivity contribution >= 4 is 17.3 Å². The van der Waals surface area contributed by atoms with Gasteiger partial charge in [0.05, 0.1) is 25.0 Å². The molecule has 0 radical (unpaired) electrons. The van der Waals surface area contributed by atoms with E-state index in [9.17, 15) is 4.79 Å². The molecule has 106 valence electrons. The minimum absolute atomic E-state index is 0.0852.